The van der Waals surface area contributed by atoms with Gasteiger partial charge in [0.25, 0.3) is 0 Å². The normalized spacial score (nSPS) is 10.6. The molecule has 0 saturated carbocycles. The van der Waals surface area contributed by atoms with E-state index in [1.807, 2.05) is 25.1 Å². The number of aromatic nitrogens is 2. The van der Waals surface area contributed by atoms with E-state index in [-0.39, 0.29) is 11.7 Å². The number of halogens is 1. The molecule has 0 unspecified atom stereocenters. The number of carbonyl (C=O) groups is 1. The number of nitrogens with one attached hydrogen (secondary N) is 1. The van der Waals surface area contributed by atoms with Crippen LogP contribution in [0.5, 0.6) is 0 Å². The van der Waals surface area contributed by atoms with E-state index in [2.05, 4.69) is 27.4 Å². The zero-order valence-corrected chi connectivity index (χ0v) is 15.3. The van der Waals surface area contributed by atoms with Crippen LogP contribution in [0.15, 0.2) is 60.8 Å². The highest BCUT2D eigenvalue weighted by atomic mass is 19.1. The van der Waals surface area contributed by atoms with Crippen molar-refractivity contribution < 1.29 is 9.18 Å². The molecule has 138 valence electrons. The molecule has 4 nitrogen and oxygen atoms in total. The summed E-state index contributed by atoms with van der Waals surface area (Å²) in [6.07, 6.45) is 4.32. The van der Waals surface area contributed by atoms with Crippen molar-refractivity contribution in [3.05, 3.63) is 77.9 Å². The third kappa shape index (κ3) is 5.20. The van der Waals surface area contributed by atoms with E-state index < -0.39 is 0 Å². The summed E-state index contributed by atoms with van der Waals surface area (Å²) < 4.78 is 13.1. The average Bonchev–Trinajstić information content (AvgIpc) is 2.70. The standard InChI is InChI=1S/C22H22FN3O/c1-2-19-22(24-15-20(25-19)17-11-13-18(23)14-12-17)26-21(27)10-6-9-16-7-4-3-5-8-16/h3-5,7-8,11-15H,2,6,9-10H2,1H3,(H,24,26,27). The van der Waals surface area contributed by atoms with Crippen LogP contribution in [0, 0.1) is 5.82 Å². The fourth-order valence-electron chi connectivity index (χ4n) is 2.83. The lowest BCUT2D eigenvalue weighted by molar-refractivity contribution is -0.116. The molecule has 1 aromatic heterocycles. The summed E-state index contributed by atoms with van der Waals surface area (Å²) in [5.41, 5.74) is 3.39. The van der Waals surface area contributed by atoms with Gasteiger partial charge >= 0.3 is 0 Å². The topological polar surface area (TPSA) is 54.9 Å². The van der Waals surface area contributed by atoms with E-state index in [0.717, 1.165) is 18.4 Å². The Hall–Kier alpha value is -3.08. The first-order chi connectivity index (χ1) is 13.2. The van der Waals surface area contributed by atoms with Gasteiger partial charge in [0, 0.05) is 12.0 Å². The van der Waals surface area contributed by atoms with Crippen LogP contribution in [0.1, 0.15) is 31.0 Å². The Kier molecular flexibility index (Phi) is 6.26. The number of carbonyl (C=O) groups excluding carboxylic acids is 1. The third-order valence-corrected chi connectivity index (χ3v) is 4.29. The number of hydrogen-bond donors (Lipinski definition) is 1. The molecule has 0 radical (unpaired) electrons. The molecule has 0 aliphatic carbocycles. The molecule has 0 fully saturated rings. The van der Waals surface area contributed by atoms with Crippen molar-refractivity contribution in [3.8, 4) is 11.3 Å². The molecule has 1 heterocycles. The Balaban J connectivity index is 1.62. The lowest BCUT2D eigenvalue weighted by Crippen LogP contribution is -2.15. The number of nitrogens with zero attached hydrogens (tertiary/aromatic N) is 2. The van der Waals surface area contributed by atoms with E-state index in [1.165, 1.54) is 17.7 Å². The van der Waals surface area contributed by atoms with Crippen molar-refractivity contribution in [2.45, 2.75) is 32.6 Å². The van der Waals surface area contributed by atoms with E-state index in [9.17, 15) is 9.18 Å². The molecule has 0 spiro atoms. The molecule has 5 heteroatoms. The first-order valence-electron chi connectivity index (χ1n) is 9.11. The first-order valence-corrected chi connectivity index (χ1v) is 9.11. The molecule has 0 atom stereocenters. The number of amides is 1. The Morgan fingerprint density at radius 3 is 2.52 bits per heavy atom. The number of rotatable bonds is 7. The van der Waals surface area contributed by atoms with E-state index in [4.69, 9.17) is 0 Å². The fraction of sp³-hybridized carbons (Fsp3) is 0.227. The maximum atomic E-state index is 13.1. The van der Waals surface area contributed by atoms with Crippen LogP contribution in [0.4, 0.5) is 10.2 Å². The van der Waals surface area contributed by atoms with Gasteiger partial charge in [0.15, 0.2) is 5.82 Å². The molecule has 0 saturated heterocycles. The van der Waals surface area contributed by atoms with Crippen LogP contribution < -0.4 is 5.32 Å². The second kappa shape index (κ2) is 9.03. The summed E-state index contributed by atoms with van der Waals surface area (Å²) in [4.78, 5) is 21.2. The molecule has 0 aliphatic rings. The Bertz CT molecular complexity index is 895. The van der Waals surface area contributed by atoms with Gasteiger partial charge in [-0.25, -0.2) is 14.4 Å². The molecule has 3 rings (SSSR count). The fourth-order valence-corrected chi connectivity index (χ4v) is 2.83. The van der Waals surface area contributed by atoms with Crippen LogP contribution in [-0.2, 0) is 17.6 Å². The van der Waals surface area contributed by atoms with Gasteiger partial charge in [-0.05, 0) is 49.1 Å². The number of benzene rings is 2. The van der Waals surface area contributed by atoms with Crippen LogP contribution >= 0.6 is 0 Å². The molecular formula is C22H22FN3O. The van der Waals surface area contributed by atoms with Gasteiger partial charge in [0.05, 0.1) is 17.6 Å². The van der Waals surface area contributed by atoms with E-state index >= 15 is 0 Å². The van der Waals surface area contributed by atoms with E-state index in [0.29, 0.717) is 30.0 Å². The Morgan fingerprint density at radius 1 is 1.07 bits per heavy atom. The summed E-state index contributed by atoms with van der Waals surface area (Å²) in [5.74, 6) is 0.138. The minimum absolute atomic E-state index is 0.0653. The smallest absolute Gasteiger partial charge is 0.225 e. The predicted molar refractivity (Wildman–Crippen MR) is 105 cm³/mol. The number of anilines is 1. The molecule has 3 aromatic rings. The maximum absolute atomic E-state index is 13.1. The quantitative estimate of drug-likeness (QED) is 0.656. The second-order valence-electron chi connectivity index (χ2n) is 6.30. The molecular weight excluding hydrogens is 341 g/mol. The van der Waals surface area contributed by atoms with Crippen molar-refractivity contribution in [1.29, 1.82) is 0 Å². The summed E-state index contributed by atoms with van der Waals surface area (Å²) in [6.45, 7) is 1.96. The molecule has 0 aliphatic heterocycles. The lowest BCUT2D eigenvalue weighted by atomic mass is 10.1. The Labute approximate surface area is 158 Å². The summed E-state index contributed by atoms with van der Waals surface area (Å²) in [5, 5.41) is 2.86. The van der Waals surface area contributed by atoms with Crippen molar-refractivity contribution in [2.75, 3.05) is 5.32 Å². The van der Waals surface area contributed by atoms with Crippen molar-refractivity contribution >= 4 is 11.7 Å². The highest BCUT2D eigenvalue weighted by molar-refractivity contribution is 5.90. The summed E-state index contributed by atoms with van der Waals surface area (Å²) in [7, 11) is 0. The number of aryl methyl sites for hydroxylation is 2. The summed E-state index contributed by atoms with van der Waals surface area (Å²) in [6, 6.07) is 16.2. The molecule has 1 amide bonds. The summed E-state index contributed by atoms with van der Waals surface area (Å²) >= 11 is 0. The minimum Gasteiger partial charge on any atom is -0.309 e. The van der Waals surface area contributed by atoms with Crippen LogP contribution in [0.2, 0.25) is 0 Å². The van der Waals surface area contributed by atoms with Gasteiger partial charge in [0.2, 0.25) is 5.91 Å². The first kappa shape index (κ1) is 18.7. The average molecular weight is 363 g/mol. The maximum Gasteiger partial charge on any atom is 0.225 e. The largest absolute Gasteiger partial charge is 0.309 e. The minimum atomic E-state index is -0.290. The van der Waals surface area contributed by atoms with Crippen molar-refractivity contribution in [2.24, 2.45) is 0 Å². The van der Waals surface area contributed by atoms with Crippen LogP contribution in [0.3, 0.4) is 0 Å². The lowest BCUT2D eigenvalue weighted by Gasteiger charge is -2.10. The van der Waals surface area contributed by atoms with Crippen LogP contribution in [-0.4, -0.2) is 15.9 Å². The van der Waals surface area contributed by atoms with Crippen LogP contribution in [0.25, 0.3) is 11.3 Å². The third-order valence-electron chi connectivity index (χ3n) is 4.29. The second-order valence-corrected chi connectivity index (χ2v) is 6.30. The molecule has 2 aromatic carbocycles. The van der Waals surface area contributed by atoms with Gasteiger partial charge in [-0.15, -0.1) is 0 Å². The molecule has 1 N–H and O–H groups in total. The van der Waals surface area contributed by atoms with Crippen molar-refractivity contribution in [1.82, 2.24) is 9.97 Å². The Morgan fingerprint density at radius 2 is 1.81 bits per heavy atom. The molecule has 0 bridgehead atoms. The highest BCUT2D eigenvalue weighted by Crippen LogP contribution is 2.20. The van der Waals surface area contributed by atoms with Crippen molar-refractivity contribution in [3.63, 3.8) is 0 Å². The van der Waals surface area contributed by atoms with Gasteiger partial charge in [-0.1, -0.05) is 37.3 Å². The van der Waals surface area contributed by atoms with Gasteiger partial charge < -0.3 is 5.32 Å². The predicted octanol–water partition coefficient (Wildman–Crippen LogP) is 4.81. The van der Waals surface area contributed by atoms with Gasteiger partial charge in [0.1, 0.15) is 5.82 Å². The highest BCUT2D eigenvalue weighted by Gasteiger charge is 2.11. The monoisotopic (exact) mass is 363 g/mol. The molecule has 27 heavy (non-hydrogen) atoms. The van der Waals surface area contributed by atoms with E-state index in [1.54, 1.807) is 18.3 Å². The SMILES string of the molecule is CCc1nc(-c2ccc(F)cc2)cnc1NC(=O)CCCc1ccccc1. The number of hydrogen-bond acceptors (Lipinski definition) is 3. The van der Waals surface area contributed by atoms with Gasteiger partial charge in [-0.2, -0.15) is 0 Å². The zero-order chi connectivity index (χ0) is 19.1. The van der Waals surface area contributed by atoms with Gasteiger partial charge in [-0.3, -0.25) is 4.79 Å². The zero-order valence-electron chi connectivity index (χ0n) is 15.3.